The van der Waals surface area contributed by atoms with Crippen molar-refractivity contribution >= 4 is 29.0 Å². The molecule has 10 nitrogen and oxygen atoms in total. The number of hydrogen-bond acceptors (Lipinski definition) is 9. The van der Waals surface area contributed by atoms with E-state index >= 15 is 0 Å². The van der Waals surface area contributed by atoms with E-state index in [0.717, 1.165) is 61.9 Å². The van der Waals surface area contributed by atoms with Crippen LogP contribution in [0, 0.1) is 62.4 Å². The van der Waals surface area contributed by atoms with E-state index in [9.17, 15) is 10.1 Å². The van der Waals surface area contributed by atoms with Crippen molar-refractivity contribution in [3.05, 3.63) is 78.3 Å². The molecular formula is C30H36N8O2U. The summed E-state index contributed by atoms with van der Waals surface area (Å²) in [6, 6.07) is 19.1. The molecule has 1 amide bonds. The number of nitriles is 1. The first-order valence-corrected chi connectivity index (χ1v) is 13.5. The monoisotopic (exact) mass is 778 g/mol. The third-order valence-electron chi connectivity index (χ3n) is 6.52. The molecule has 0 aliphatic carbocycles. The van der Waals surface area contributed by atoms with Crippen molar-refractivity contribution in [3.8, 4) is 6.07 Å². The van der Waals surface area contributed by atoms with E-state index in [-0.39, 0.29) is 37.0 Å². The molecule has 2 aromatic carbocycles. The molecule has 0 unspecified atom stereocenters. The summed E-state index contributed by atoms with van der Waals surface area (Å²) in [7, 11) is 0. The van der Waals surface area contributed by atoms with Crippen molar-refractivity contribution < 1.29 is 40.6 Å². The Hall–Kier alpha value is -2.99. The van der Waals surface area contributed by atoms with Crippen LogP contribution in [-0.4, -0.2) is 78.2 Å². The van der Waals surface area contributed by atoms with E-state index in [1.165, 1.54) is 6.20 Å². The van der Waals surface area contributed by atoms with Gasteiger partial charge in [-0.15, -0.1) is 12.6 Å². The summed E-state index contributed by atoms with van der Waals surface area (Å²) in [5, 5.41) is 18.9. The van der Waals surface area contributed by atoms with Crippen LogP contribution in [0.3, 0.4) is 0 Å². The van der Waals surface area contributed by atoms with Crippen molar-refractivity contribution in [3.63, 3.8) is 0 Å². The maximum Gasteiger partial charge on any atom is 2.00 e. The van der Waals surface area contributed by atoms with Gasteiger partial charge in [0.25, 0.3) is 0 Å². The fourth-order valence-electron chi connectivity index (χ4n) is 4.40. The van der Waals surface area contributed by atoms with Crippen molar-refractivity contribution in [2.24, 2.45) is 0 Å². The van der Waals surface area contributed by atoms with Crippen molar-refractivity contribution in [1.29, 1.82) is 5.26 Å². The van der Waals surface area contributed by atoms with Gasteiger partial charge in [0.15, 0.2) is 5.82 Å². The predicted molar refractivity (Wildman–Crippen MR) is 155 cm³/mol. The van der Waals surface area contributed by atoms with Crippen molar-refractivity contribution in [1.82, 2.24) is 25.1 Å². The number of benzene rings is 2. The molecule has 1 aliphatic rings. The number of hydrogen-bond donors (Lipinski definition) is 3. The molecule has 0 spiro atoms. The van der Waals surface area contributed by atoms with Gasteiger partial charge in [0, 0.05) is 51.4 Å². The number of carbonyl (C=O) groups excluding carboxylic acids is 1. The molecule has 1 aliphatic heterocycles. The van der Waals surface area contributed by atoms with Crippen molar-refractivity contribution in [2.45, 2.75) is 19.9 Å². The zero-order chi connectivity index (χ0) is 28.2. The molecule has 41 heavy (non-hydrogen) atoms. The van der Waals surface area contributed by atoms with Crippen LogP contribution in [0.4, 0.5) is 23.1 Å². The Morgan fingerprint density at radius 2 is 2.05 bits per heavy atom. The molecular weight excluding hydrogens is 742 g/mol. The molecule has 0 saturated carbocycles. The standard InChI is InChI=1S/C30H36N8O2.U/c1-3-32-28(39)10-11-38(13-12-37-14-16-40-17-15-37)22-24-7-5-9-27(19-24)34-29-25(20-31)21-33-30(36-29)35-26-8-4-6-23(2)18-26;/h4-7,9,18-19,21H,1,3,10-17,22H2,2H3,(H,32,39)(H2,33,34,35,36);/q-2;+2. The van der Waals surface area contributed by atoms with Crippen LogP contribution >= 0.6 is 0 Å². The summed E-state index contributed by atoms with van der Waals surface area (Å²) in [4.78, 5) is 25.6. The Labute approximate surface area is 266 Å². The van der Waals surface area contributed by atoms with E-state index in [1.54, 1.807) is 0 Å². The molecule has 212 valence electrons. The Morgan fingerprint density at radius 1 is 1.22 bits per heavy atom. The molecule has 0 bridgehead atoms. The minimum absolute atomic E-state index is 0. The summed E-state index contributed by atoms with van der Waals surface area (Å²) in [6.45, 7) is 12.5. The van der Waals surface area contributed by atoms with Crippen molar-refractivity contribution in [2.75, 3.05) is 63.1 Å². The zero-order valence-corrected chi connectivity index (χ0v) is 27.6. The Balaban J connectivity index is 0.00000462. The third kappa shape index (κ3) is 10.7. The number of amides is 1. The number of nitrogens with one attached hydrogen (secondary N) is 3. The average molecular weight is 779 g/mol. The average Bonchev–Trinajstić information content (AvgIpc) is 2.96. The fraction of sp³-hybridized carbons (Fsp3) is 0.367. The SMILES string of the molecule is [CH2-]CNC(=O)CCN(CCN1CCOCC1)Cc1cccc(Nc2nc(Nc3[c-]ccc(C)c3)ncc2C#N)c1.[U+2]. The van der Waals surface area contributed by atoms with E-state index in [2.05, 4.69) is 60.8 Å². The number of anilines is 4. The Kier molecular flexibility index (Phi) is 13.5. The van der Waals surface area contributed by atoms with Gasteiger partial charge in [-0.25, -0.2) is 4.98 Å². The summed E-state index contributed by atoms with van der Waals surface area (Å²) in [5.74, 6) is 0.787. The molecule has 11 heteroatoms. The molecule has 0 radical (unpaired) electrons. The van der Waals surface area contributed by atoms with E-state index in [0.29, 0.717) is 43.4 Å². The second-order valence-electron chi connectivity index (χ2n) is 9.63. The van der Waals surface area contributed by atoms with Crippen LogP contribution in [0.15, 0.2) is 48.7 Å². The van der Waals surface area contributed by atoms with Crippen LogP contribution in [0.5, 0.6) is 0 Å². The van der Waals surface area contributed by atoms with Gasteiger partial charge in [0.1, 0.15) is 11.6 Å². The van der Waals surface area contributed by atoms with E-state index in [1.807, 2.05) is 43.3 Å². The number of ether oxygens (including phenoxy) is 1. The van der Waals surface area contributed by atoms with Crippen LogP contribution in [0.2, 0.25) is 0 Å². The fourth-order valence-corrected chi connectivity index (χ4v) is 4.40. The summed E-state index contributed by atoms with van der Waals surface area (Å²) >= 11 is 0. The number of aromatic nitrogens is 2. The molecule has 1 saturated heterocycles. The number of nitrogens with zero attached hydrogens (tertiary/aromatic N) is 5. The Bertz CT molecular complexity index is 1310. The van der Waals surface area contributed by atoms with E-state index < -0.39 is 0 Å². The minimum Gasteiger partial charge on any atom is -0.386 e. The second kappa shape index (κ2) is 17.1. The quantitative estimate of drug-likeness (QED) is 0.225. The van der Waals surface area contributed by atoms with Gasteiger partial charge >= 0.3 is 31.1 Å². The first-order valence-electron chi connectivity index (χ1n) is 13.5. The van der Waals surface area contributed by atoms with Crippen LogP contribution in [-0.2, 0) is 16.1 Å². The number of carbonyl (C=O) groups is 1. The molecule has 1 aromatic heterocycles. The molecule has 0 atom stereocenters. The van der Waals surface area contributed by atoms with Gasteiger partial charge in [0.05, 0.1) is 19.4 Å². The topological polar surface area (TPSA) is 118 Å². The largest absolute Gasteiger partial charge is 2.00 e. The molecule has 1 fully saturated rings. The molecule has 3 N–H and O–H groups in total. The van der Waals surface area contributed by atoms with Crippen LogP contribution in [0.25, 0.3) is 0 Å². The maximum atomic E-state index is 12.1. The zero-order valence-electron chi connectivity index (χ0n) is 23.4. The third-order valence-corrected chi connectivity index (χ3v) is 6.52. The number of rotatable bonds is 13. The smallest absolute Gasteiger partial charge is 0.386 e. The van der Waals surface area contributed by atoms with Crippen LogP contribution < -0.4 is 16.0 Å². The number of aryl methyl sites for hydroxylation is 1. The minimum atomic E-state index is 0. The van der Waals surface area contributed by atoms with Gasteiger partial charge in [-0.3, -0.25) is 14.6 Å². The molecule has 3 aromatic rings. The Morgan fingerprint density at radius 3 is 2.80 bits per heavy atom. The van der Waals surface area contributed by atoms with Gasteiger partial charge in [-0.05, 0) is 17.7 Å². The summed E-state index contributed by atoms with van der Waals surface area (Å²) in [6.07, 6.45) is 1.92. The van der Waals surface area contributed by atoms with Gasteiger partial charge in [-0.1, -0.05) is 24.7 Å². The normalized spacial score (nSPS) is 13.2. The number of morpholine rings is 1. The second-order valence-corrected chi connectivity index (χ2v) is 9.63. The van der Waals surface area contributed by atoms with Gasteiger partial charge in [-0.2, -0.15) is 34.0 Å². The van der Waals surface area contributed by atoms with Gasteiger partial charge < -0.3 is 27.6 Å². The van der Waals surface area contributed by atoms with E-state index in [4.69, 9.17) is 4.74 Å². The first-order chi connectivity index (χ1) is 19.5. The predicted octanol–water partition coefficient (Wildman–Crippen LogP) is 3.42. The first kappa shape index (κ1) is 32.5. The molecule has 4 rings (SSSR count). The maximum absolute atomic E-state index is 12.1. The molecule has 2 heterocycles. The van der Waals surface area contributed by atoms with Crippen LogP contribution in [0.1, 0.15) is 23.1 Å². The summed E-state index contributed by atoms with van der Waals surface area (Å²) < 4.78 is 5.47. The summed E-state index contributed by atoms with van der Waals surface area (Å²) in [5.41, 5.74) is 4.08. The van der Waals surface area contributed by atoms with Gasteiger partial charge in [0.2, 0.25) is 11.9 Å².